The van der Waals surface area contributed by atoms with Gasteiger partial charge < -0.3 is 19.9 Å². The topological polar surface area (TPSA) is 87.7 Å². The van der Waals surface area contributed by atoms with E-state index in [0.717, 1.165) is 36.3 Å². The third-order valence-electron chi connectivity index (χ3n) is 5.98. The maximum Gasteiger partial charge on any atom is 0.245 e. The van der Waals surface area contributed by atoms with Crippen LogP contribution in [-0.2, 0) is 9.59 Å². The largest absolute Gasteiger partial charge is 0.477 e. The molecule has 0 radical (unpaired) electrons. The van der Waals surface area contributed by atoms with Gasteiger partial charge in [0.1, 0.15) is 12.4 Å². The second kappa shape index (κ2) is 7.50. The van der Waals surface area contributed by atoms with Crippen molar-refractivity contribution >= 4 is 28.4 Å². The molecule has 29 heavy (non-hydrogen) atoms. The molecule has 0 spiro atoms. The highest BCUT2D eigenvalue weighted by atomic mass is 16.5. The van der Waals surface area contributed by atoms with Gasteiger partial charge in [0.05, 0.1) is 17.5 Å². The number of fused-ring (bicyclic) bond motifs is 1. The molecule has 8 nitrogen and oxygen atoms in total. The van der Waals surface area contributed by atoms with Crippen molar-refractivity contribution in [2.75, 3.05) is 37.7 Å². The van der Waals surface area contributed by atoms with Crippen molar-refractivity contribution in [2.24, 2.45) is 5.92 Å². The molecule has 2 aromatic rings. The van der Waals surface area contributed by atoms with Gasteiger partial charge in [-0.3, -0.25) is 9.59 Å². The maximum absolute atomic E-state index is 12.6. The minimum Gasteiger partial charge on any atom is -0.477 e. The molecule has 152 valence electrons. The molecule has 1 aromatic carbocycles. The van der Waals surface area contributed by atoms with Crippen LogP contribution in [0.3, 0.4) is 0 Å². The van der Waals surface area contributed by atoms with Crippen LogP contribution in [0.4, 0.5) is 5.69 Å². The van der Waals surface area contributed by atoms with E-state index in [1.807, 2.05) is 11.0 Å². The number of amides is 2. The summed E-state index contributed by atoms with van der Waals surface area (Å²) in [4.78, 5) is 36.8. The van der Waals surface area contributed by atoms with Gasteiger partial charge in [-0.1, -0.05) is 0 Å². The molecule has 2 saturated heterocycles. The van der Waals surface area contributed by atoms with Crippen molar-refractivity contribution in [3.8, 4) is 5.88 Å². The lowest BCUT2D eigenvalue weighted by Crippen LogP contribution is -2.53. The van der Waals surface area contributed by atoms with E-state index in [1.165, 1.54) is 12.8 Å². The summed E-state index contributed by atoms with van der Waals surface area (Å²) in [6, 6.07) is 5.81. The maximum atomic E-state index is 12.6. The minimum atomic E-state index is -0.349. The number of ether oxygens (including phenoxy) is 1. The summed E-state index contributed by atoms with van der Waals surface area (Å²) in [5.74, 6) is 1.33. The van der Waals surface area contributed by atoms with Crippen molar-refractivity contribution < 1.29 is 14.3 Å². The van der Waals surface area contributed by atoms with Gasteiger partial charge in [0.2, 0.25) is 17.7 Å². The average Bonchev–Trinajstić information content (AvgIpc) is 3.49. The van der Waals surface area contributed by atoms with Crippen molar-refractivity contribution in [1.82, 2.24) is 20.2 Å². The molecule has 3 fully saturated rings. The molecule has 1 unspecified atom stereocenters. The van der Waals surface area contributed by atoms with Crippen LogP contribution in [0.25, 0.3) is 10.9 Å². The first-order chi connectivity index (χ1) is 14.2. The quantitative estimate of drug-likeness (QED) is 0.822. The van der Waals surface area contributed by atoms with Crippen LogP contribution < -0.4 is 15.0 Å². The van der Waals surface area contributed by atoms with Crippen LogP contribution in [0.1, 0.15) is 25.7 Å². The van der Waals surface area contributed by atoms with Crippen molar-refractivity contribution in [2.45, 2.75) is 31.7 Å². The van der Waals surface area contributed by atoms with E-state index in [9.17, 15) is 9.59 Å². The number of rotatable bonds is 5. The second-order valence-electron chi connectivity index (χ2n) is 8.11. The Labute approximate surface area is 169 Å². The fourth-order valence-electron chi connectivity index (χ4n) is 4.02. The second-order valence-corrected chi connectivity index (χ2v) is 8.11. The summed E-state index contributed by atoms with van der Waals surface area (Å²) in [5.41, 5.74) is 1.96. The summed E-state index contributed by atoms with van der Waals surface area (Å²) in [6.07, 6.45) is 5.08. The van der Waals surface area contributed by atoms with E-state index >= 15 is 0 Å². The molecule has 2 amide bonds. The SMILES string of the molecule is O=C1CCC(C(=O)N2CCN(c3ccc4ncnc(OCC5CC5)c4c3)CC2)N1. The minimum absolute atomic E-state index is 0.0277. The number of nitrogens with one attached hydrogen (secondary N) is 1. The first-order valence-corrected chi connectivity index (χ1v) is 10.4. The van der Waals surface area contributed by atoms with Gasteiger partial charge in [0.25, 0.3) is 0 Å². The molecule has 1 aliphatic carbocycles. The molecule has 1 atom stereocenters. The van der Waals surface area contributed by atoms with Crippen LogP contribution >= 0.6 is 0 Å². The van der Waals surface area contributed by atoms with Crippen LogP contribution in [0, 0.1) is 5.92 Å². The Kier molecular flexibility index (Phi) is 4.69. The molecule has 1 N–H and O–H groups in total. The predicted octanol–water partition coefficient (Wildman–Crippen LogP) is 1.35. The number of piperazine rings is 1. The van der Waals surface area contributed by atoms with E-state index < -0.39 is 0 Å². The number of carbonyl (C=O) groups is 2. The molecular formula is C21H25N5O3. The number of hydrogen-bond donors (Lipinski definition) is 1. The Hall–Kier alpha value is -2.90. The van der Waals surface area contributed by atoms with E-state index in [0.29, 0.717) is 37.7 Å². The monoisotopic (exact) mass is 395 g/mol. The Bertz CT molecular complexity index is 937. The summed E-state index contributed by atoms with van der Waals surface area (Å²) in [6.45, 7) is 3.53. The number of aromatic nitrogens is 2. The number of hydrogen-bond acceptors (Lipinski definition) is 6. The predicted molar refractivity (Wildman–Crippen MR) is 108 cm³/mol. The summed E-state index contributed by atoms with van der Waals surface area (Å²) in [7, 11) is 0. The van der Waals surface area contributed by atoms with Gasteiger partial charge in [-0.05, 0) is 43.4 Å². The van der Waals surface area contributed by atoms with Crippen LogP contribution in [-0.4, -0.2) is 65.5 Å². The van der Waals surface area contributed by atoms with Crippen LogP contribution in [0.5, 0.6) is 5.88 Å². The molecule has 8 heteroatoms. The van der Waals surface area contributed by atoms with Gasteiger partial charge in [-0.25, -0.2) is 9.97 Å². The average molecular weight is 395 g/mol. The highest BCUT2D eigenvalue weighted by Crippen LogP contribution is 2.32. The first-order valence-electron chi connectivity index (χ1n) is 10.4. The van der Waals surface area contributed by atoms with Crippen LogP contribution in [0.2, 0.25) is 0 Å². The lowest BCUT2D eigenvalue weighted by atomic mass is 10.1. The number of nitrogens with zero attached hydrogens (tertiary/aromatic N) is 4. The van der Waals surface area contributed by atoms with E-state index in [1.54, 1.807) is 6.33 Å². The lowest BCUT2D eigenvalue weighted by molar-refractivity contribution is -0.134. The normalized spacial score (nSPS) is 22.1. The Morgan fingerprint density at radius 1 is 1.14 bits per heavy atom. The zero-order valence-electron chi connectivity index (χ0n) is 16.3. The number of benzene rings is 1. The van der Waals surface area contributed by atoms with Crippen molar-refractivity contribution in [3.05, 3.63) is 24.5 Å². The molecule has 3 heterocycles. The number of anilines is 1. The van der Waals surface area contributed by atoms with Crippen molar-refractivity contribution in [3.63, 3.8) is 0 Å². The van der Waals surface area contributed by atoms with E-state index in [2.05, 4.69) is 32.3 Å². The van der Waals surface area contributed by atoms with Crippen molar-refractivity contribution in [1.29, 1.82) is 0 Å². The lowest BCUT2D eigenvalue weighted by Gasteiger charge is -2.37. The third kappa shape index (κ3) is 3.83. The zero-order valence-corrected chi connectivity index (χ0v) is 16.3. The molecule has 5 rings (SSSR count). The zero-order chi connectivity index (χ0) is 19.8. The molecule has 0 bridgehead atoms. The van der Waals surface area contributed by atoms with Gasteiger partial charge in [-0.2, -0.15) is 0 Å². The fourth-order valence-corrected chi connectivity index (χ4v) is 4.02. The van der Waals surface area contributed by atoms with Gasteiger partial charge >= 0.3 is 0 Å². The molecule has 3 aliphatic rings. The van der Waals surface area contributed by atoms with E-state index in [4.69, 9.17) is 4.74 Å². The third-order valence-corrected chi connectivity index (χ3v) is 5.98. The first kappa shape index (κ1) is 18.1. The Morgan fingerprint density at radius 2 is 1.97 bits per heavy atom. The molecular weight excluding hydrogens is 370 g/mol. The highest BCUT2D eigenvalue weighted by Gasteiger charge is 2.32. The van der Waals surface area contributed by atoms with Gasteiger partial charge in [-0.15, -0.1) is 0 Å². The van der Waals surface area contributed by atoms with E-state index in [-0.39, 0.29) is 17.9 Å². The fraction of sp³-hybridized carbons (Fsp3) is 0.524. The summed E-state index contributed by atoms with van der Waals surface area (Å²) in [5, 5.41) is 3.70. The number of carbonyl (C=O) groups excluding carboxylic acids is 2. The molecule has 1 saturated carbocycles. The Balaban J connectivity index is 1.27. The van der Waals surface area contributed by atoms with Crippen LogP contribution in [0.15, 0.2) is 24.5 Å². The summed E-state index contributed by atoms with van der Waals surface area (Å²) >= 11 is 0. The molecule has 2 aliphatic heterocycles. The Morgan fingerprint density at radius 3 is 2.69 bits per heavy atom. The highest BCUT2D eigenvalue weighted by molar-refractivity contribution is 5.91. The van der Waals surface area contributed by atoms with Gasteiger partial charge in [0.15, 0.2) is 0 Å². The van der Waals surface area contributed by atoms with Gasteiger partial charge in [0, 0.05) is 38.3 Å². The smallest absolute Gasteiger partial charge is 0.245 e. The standard InChI is InChI=1S/C21H25N5O3/c27-19-6-5-18(24-19)21(28)26-9-7-25(8-10-26)15-3-4-17-16(11-15)20(23-13-22-17)29-12-14-1-2-14/h3-4,11,13-14,18H,1-2,5-10,12H2,(H,24,27). The molecule has 1 aromatic heterocycles. The summed E-state index contributed by atoms with van der Waals surface area (Å²) < 4.78 is 5.94.